The van der Waals surface area contributed by atoms with Gasteiger partial charge in [-0.3, -0.25) is 4.90 Å². The molecule has 29 heavy (non-hydrogen) atoms. The van der Waals surface area contributed by atoms with Crippen LogP contribution in [0.25, 0.3) is 0 Å². The second-order valence-corrected chi connectivity index (χ2v) is 9.48. The SMILES string of the molecule is Cc1ccc(S(=O)(=O)NCC2CN(C(c3ccccc3)c3ccccc3)C2)cc1. The minimum Gasteiger partial charge on any atom is -0.292 e. The lowest BCUT2D eigenvalue weighted by Gasteiger charge is -2.45. The summed E-state index contributed by atoms with van der Waals surface area (Å²) in [5.74, 6) is 0.310. The Balaban J connectivity index is 1.40. The average Bonchev–Trinajstić information content (AvgIpc) is 2.71. The normalized spacial score (nSPS) is 15.4. The molecule has 0 unspecified atom stereocenters. The van der Waals surface area contributed by atoms with Crippen LogP contribution >= 0.6 is 0 Å². The fourth-order valence-corrected chi connectivity index (χ4v) is 4.98. The predicted octanol–water partition coefficient (Wildman–Crippen LogP) is 3.99. The van der Waals surface area contributed by atoms with Gasteiger partial charge < -0.3 is 0 Å². The molecule has 0 radical (unpaired) electrons. The lowest BCUT2D eigenvalue weighted by atomic mass is 9.90. The molecule has 4 nitrogen and oxygen atoms in total. The number of benzene rings is 3. The molecule has 1 aliphatic rings. The van der Waals surface area contributed by atoms with Crippen LogP contribution in [0.1, 0.15) is 22.7 Å². The van der Waals surface area contributed by atoms with Gasteiger partial charge in [0, 0.05) is 19.6 Å². The van der Waals surface area contributed by atoms with E-state index in [1.807, 2.05) is 31.2 Å². The molecular formula is C24H26N2O2S. The molecule has 5 heteroatoms. The molecular weight excluding hydrogens is 380 g/mol. The number of nitrogens with one attached hydrogen (secondary N) is 1. The van der Waals surface area contributed by atoms with E-state index in [4.69, 9.17) is 0 Å². The number of hydrogen-bond donors (Lipinski definition) is 1. The molecule has 0 aliphatic carbocycles. The Morgan fingerprint density at radius 3 is 1.90 bits per heavy atom. The highest BCUT2D eigenvalue weighted by Gasteiger charge is 2.34. The molecule has 3 aromatic carbocycles. The number of nitrogens with zero attached hydrogens (tertiary/aromatic N) is 1. The van der Waals surface area contributed by atoms with E-state index in [2.05, 4.69) is 58.2 Å². The van der Waals surface area contributed by atoms with Crippen molar-refractivity contribution in [1.29, 1.82) is 0 Å². The van der Waals surface area contributed by atoms with Crippen molar-refractivity contribution in [2.24, 2.45) is 5.92 Å². The molecule has 4 rings (SSSR count). The second kappa shape index (κ2) is 8.49. The Kier molecular flexibility index (Phi) is 5.81. The molecule has 0 amide bonds. The molecule has 1 N–H and O–H groups in total. The number of hydrogen-bond acceptors (Lipinski definition) is 3. The average molecular weight is 407 g/mol. The van der Waals surface area contributed by atoms with E-state index >= 15 is 0 Å². The predicted molar refractivity (Wildman–Crippen MR) is 116 cm³/mol. The summed E-state index contributed by atoms with van der Waals surface area (Å²) in [7, 11) is -3.46. The smallest absolute Gasteiger partial charge is 0.240 e. The monoisotopic (exact) mass is 406 g/mol. The van der Waals surface area contributed by atoms with Gasteiger partial charge in [0.05, 0.1) is 10.9 Å². The van der Waals surface area contributed by atoms with E-state index in [0.29, 0.717) is 17.4 Å². The zero-order valence-electron chi connectivity index (χ0n) is 16.5. The molecule has 0 bridgehead atoms. The van der Waals surface area contributed by atoms with E-state index in [1.165, 1.54) is 11.1 Å². The van der Waals surface area contributed by atoms with Crippen LogP contribution in [0.3, 0.4) is 0 Å². The summed E-state index contributed by atoms with van der Waals surface area (Å²) >= 11 is 0. The van der Waals surface area contributed by atoms with Crippen LogP contribution in [-0.2, 0) is 10.0 Å². The van der Waals surface area contributed by atoms with Crippen molar-refractivity contribution >= 4 is 10.0 Å². The maximum absolute atomic E-state index is 12.5. The van der Waals surface area contributed by atoms with Crippen LogP contribution in [0.4, 0.5) is 0 Å². The van der Waals surface area contributed by atoms with Crippen molar-refractivity contribution in [1.82, 2.24) is 9.62 Å². The van der Waals surface area contributed by atoms with Crippen molar-refractivity contribution in [3.63, 3.8) is 0 Å². The zero-order valence-corrected chi connectivity index (χ0v) is 17.3. The maximum Gasteiger partial charge on any atom is 0.240 e. The van der Waals surface area contributed by atoms with E-state index in [-0.39, 0.29) is 6.04 Å². The zero-order chi connectivity index (χ0) is 20.3. The molecule has 0 aromatic heterocycles. The first kappa shape index (κ1) is 19.8. The first-order valence-corrected chi connectivity index (χ1v) is 11.4. The summed E-state index contributed by atoms with van der Waals surface area (Å²) in [5, 5.41) is 0. The fourth-order valence-electron chi connectivity index (χ4n) is 3.86. The minimum absolute atomic E-state index is 0.197. The number of sulfonamides is 1. The summed E-state index contributed by atoms with van der Waals surface area (Å²) in [6.07, 6.45) is 0. The van der Waals surface area contributed by atoms with Gasteiger partial charge in [0.2, 0.25) is 10.0 Å². The van der Waals surface area contributed by atoms with Crippen molar-refractivity contribution in [3.05, 3.63) is 102 Å². The van der Waals surface area contributed by atoms with Gasteiger partial charge >= 0.3 is 0 Å². The quantitative estimate of drug-likeness (QED) is 0.645. The van der Waals surface area contributed by atoms with E-state index in [0.717, 1.165) is 18.7 Å². The van der Waals surface area contributed by atoms with Crippen LogP contribution in [0.5, 0.6) is 0 Å². The van der Waals surface area contributed by atoms with E-state index in [9.17, 15) is 8.42 Å². The maximum atomic E-state index is 12.5. The Labute approximate surface area is 173 Å². The molecule has 0 spiro atoms. The van der Waals surface area contributed by atoms with Gasteiger partial charge in [-0.05, 0) is 36.1 Å². The van der Waals surface area contributed by atoms with Gasteiger partial charge in [0.15, 0.2) is 0 Å². The van der Waals surface area contributed by atoms with Crippen molar-refractivity contribution in [2.75, 3.05) is 19.6 Å². The highest BCUT2D eigenvalue weighted by Crippen LogP contribution is 2.34. The third-order valence-corrected chi connectivity index (χ3v) is 6.91. The van der Waals surface area contributed by atoms with Crippen LogP contribution in [-0.4, -0.2) is 33.0 Å². The lowest BCUT2D eigenvalue weighted by molar-refractivity contribution is 0.0715. The summed E-state index contributed by atoms with van der Waals surface area (Å²) in [4.78, 5) is 2.74. The lowest BCUT2D eigenvalue weighted by Crippen LogP contribution is -2.52. The molecule has 1 saturated heterocycles. The number of rotatable bonds is 7. The standard InChI is InChI=1S/C24H26N2O2S/c1-19-12-14-23(15-13-19)29(27,28)25-16-20-17-26(18-20)24(21-8-4-2-5-9-21)22-10-6-3-7-11-22/h2-15,20,24-25H,16-18H2,1H3. The highest BCUT2D eigenvalue weighted by molar-refractivity contribution is 7.89. The van der Waals surface area contributed by atoms with Crippen LogP contribution < -0.4 is 4.72 Å². The topological polar surface area (TPSA) is 49.4 Å². The van der Waals surface area contributed by atoms with Crippen LogP contribution in [0.15, 0.2) is 89.8 Å². The summed E-state index contributed by atoms with van der Waals surface area (Å²) in [5.41, 5.74) is 3.57. The molecule has 1 fully saturated rings. The number of likely N-dealkylation sites (tertiary alicyclic amines) is 1. The van der Waals surface area contributed by atoms with Gasteiger partial charge in [-0.1, -0.05) is 78.4 Å². The first-order valence-electron chi connectivity index (χ1n) is 9.93. The minimum atomic E-state index is -3.46. The Morgan fingerprint density at radius 2 is 1.38 bits per heavy atom. The highest BCUT2D eigenvalue weighted by atomic mass is 32.2. The second-order valence-electron chi connectivity index (χ2n) is 7.71. The van der Waals surface area contributed by atoms with Gasteiger partial charge in [0.1, 0.15) is 0 Å². The summed E-state index contributed by atoms with van der Waals surface area (Å²) in [6.45, 7) is 4.14. The van der Waals surface area contributed by atoms with Gasteiger partial charge in [-0.15, -0.1) is 0 Å². The van der Waals surface area contributed by atoms with Crippen molar-refractivity contribution in [3.8, 4) is 0 Å². The Hall–Kier alpha value is -2.47. The van der Waals surface area contributed by atoms with Crippen molar-refractivity contribution in [2.45, 2.75) is 17.9 Å². The molecule has 0 saturated carbocycles. The number of aryl methyl sites for hydroxylation is 1. The van der Waals surface area contributed by atoms with Crippen LogP contribution in [0.2, 0.25) is 0 Å². The summed E-state index contributed by atoms with van der Waals surface area (Å²) < 4.78 is 27.8. The third-order valence-electron chi connectivity index (χ3n) is 5.47. The Bertz CT molecular complexity index is 990. The molecule has 1 heterocycles. The fraction of sp³-hybridized carbons (Fsp3) is 0.250. The summed E-state index contributed by atoms with van der Waals surface area (Å²) in [6, 6.07) is 28.1. The largest absolute Gasteiger partial charge is 0.292 e. The van der Waals surface area contributed by atoms with Crippen LogP contribution in [0, 0.1) is 12.8 Å². The van der Waals surface area contributed by atoms with Gasteiger partial charge in [0.25, 0.3) is 0 Å². The molecule has 3 aromatic rings. The van der Waals surface area contributed by atoms with Gasteiger partial charge in [-0.2, -0.15) is 0 Å². The molecule has 1 aliphatic heterocycles. The van der Waals surface area contributed by atoms with E-state index < -0.39 is 10.0 Å². The van der Waals surface area contributed by atoms with Crippen molar-refractivity contribution < 1.29 is 8.42 Å². The third kappa shape index (κ3) is 4.58. The van der Waals surface area contributed by atoms with E-state index in [1.54, 1.807) is 12.1 Å². The van der Waals surface area contributed by atoms with Gasteiger partial charge in [-0.25, -0.2) is 13.1 Å². The molecule has 0 atom stereocenters. The Morgan fingerprint density at radius 1 is 0.862 bits per heavy atom. The molecule has 150 valence electrons. The first-order chi connectivity index (χ1) is 14.0.